The highest BCUT2D eigenvalue weighted by atomic mass is 19.4. The Hall–Kier alpha value is -7.58. The Labute approximate surface area is 276 Å². The largest absolute Gasteiger partial charge is 0.411 e. The quantitative estimate of drug-likeness (QED) is 0.233. The first-order valence-electron chi connectivity index (χ1n) is 13.9. The lowest BCUT2D eigenvalue weighted by Crippen LogP contribution is -2.54. The molecule has 244 valence electrons. The minimum atomic E-state index is -6.11. The van der Waals surface area contributed by atoms with Crippen molar-refractivity contribution in [1.29, 1.82) is 21.0 Å². The molecule has 0 aliphatic carbocycles. The van der Waals surface area contributed by atoms with Crippen LogP contribution in [0.2, 0.25) is 0 Å². The van der Waals surface area contributed by atoms with Gasteiger partial charge in [-0.15, -0.1) is 0 Å². The molecule has 14 nitrogen and oxygen atoms in total. The van der Waals surface area contributed by atoms with Crippen molar-refractivity contribution in [3.05, 3.63) is 81.4 Å². The van der Waals surface area contributed by atoms with Gasteiger partial charge < -0.3 is 0 Å². The van der Waals surface area contributed by atoms with Crippen LogP contribution in [0, 0.1) is 45.3 Å². The molecule has 0 spiro atoms. The summed E-state index contributed by atoms with van der Waals surface area (Å²) in [6.45, 7) is 0. The Morgan fingerprint density at radius 3 is 1.35 bits per heavy atom. The maximum absolute atomic E-state index is 15.2. The average molecular weight is 692 g/mol. The van der Waals surface area contributed by atoms with Crippen molar-refractivity contribution in [2.75, 3.05) is 0 Å². The normalized spacial score (nSPS) is 13.3. The molecule has 8 rings (SSSR count). The Morgan fingerprint density at radius 2 is 0.902 bits per heavy atom. The highest BCUT2D eigenvalue weighted by Gasteiger charge is 2.73. The number of benzene rings is 2. The van der Waals surface area contributed by atoms with E-state index in [2.05, 4.69) is 29.9 Å². The molecule has 51 heavy (non-hydrogen) atoms. The van der Waals surface area contributed by atoms with E-state index in [9.17, 15) is 30.6 Å². The number of carbonyl (C=O) groups is 2. The van der Waals surface area contributed by atoms with Crippen molar-refractivity contribution in [3.8, 4) is 47.1 Å². The van der Waals surface area contributed by atoms with Gasteiger partial charge in [-0.2, -0.15) is 47.4 Å². The van der Waals surface area contributed by atoms with Gasteiger partial charge in [0, 0.05) is 11.1 Å². The van der Waals surface area contributed by atoms with Crippen LogP contribution < -0.4 is 0 Å². The molecule has 0 bridgehead atoms. The van der Waals surface area contributed by atoms with E-state index >= 15 is 26.3 Å². The van der Waals surface area contributed by atoms with Crippen LogP contribution in [0.25, 0.3) is 45.4 Å². The fraction of sp³-hybridized carbons (Fsp3) is 0.0968. The summed E-state index contributed by atoms with van der Waals surface area (Å²) in [5.41, 5.74) is -12.3. The van der Waals surface area contributed by atoms with E-state index in [4.69, 9.17) is 0 Å². The fourth-order valence-electron chi connectivity index (χ4n) is 6.37. The van der Waals surface area contributed by atoms with Crippen molar-refractivity contribution in [2.45, 2.75) is 17.8 Å². The fourth-order valence-corrected chi connectivity index (χ4v) is 6.37. The number of alkyl halides is 6. The van der Waals surface area contributed by atoms with Crippen LogP contribution in [0.3, 0.4) is 0 Å². The molecule has 20 heteroatoms. The molecule has 6 aromatic rings. The number of hydrogen-bond acceptors (Lipinski definition) is 12. The molecule has 0 amide bonds. The van der Waals surface area contributed by atoms with Crippen LogP contribution in [0.1, 0.15) is 54.6 Å². The Morgan fingerprint density at radius 1 is 0.510 bits per heavy atom. The SMILES string of the molecule is N#Cc1nc2nc3n(c2nc1C#N)C(=O)c1cc(C(c2ccc4c(c2)-c2nc5nc(C#N)c(C#N)nc5n2C4=O)(C(F)(F)F)C(F)(F)F)ccc1-3. The van der Waals surface area contributed by atoms with E-state index in [1.165, 1.54) is 0 Å². The maximum Gasteiger partial charge on any atom is 0.411 e. The Kier molecular flexibility index (Phi) is 5.87. The zero-order chi connectivity index (χ0) is 36.4. The van der Waals surface area contributed by atoms with Gasteiger partial charge in [0.25, 0.3) is 11.8 Å². The summed E-state index contributed by atoms with van der Waals surface area (Å²) in [6, 6.07) is 10.1. The number of carbonyl (C=O) groups excluding carboxylic acids is 2. The van der Waals surface area contributed by atoms with Crippen LogP contribution in [0.4, 0.5) is 26.3 Å². The molecule has 4 aromatic heterocycles. The topological polar surface area (TPSA) is 216 Å². The number of aromatic nitrogens is 8. The first kappa shape index (κ1) is 30.7. The van der Waals surface area contributed by atoms with Gasteiger partial charge in [-0.25, -0.2) is 39.0 Å². The van der Waals surface area contributed by atoms with Crippen LogP contribution in [-0.4, -0.2) is 63.2 Å². The third-order valence-electron chi connectivity index (χ3n) is 8.52. The van der Waals surface area contributed by atoms with Gasteiger partial charge in [0.2, 0.25) is 5.41 Å². The van der Waals surface area contributed by atoms with Crippen molar-refractivity contribution >= 4 is 34.4 Å². The van der Waals surface area contributed by atoms with Crippen LogP contribution in [-0.2, 0) is 5.41 Å². The maximum atomic E-state index is 15.2. The van der Waals surface area contributed by atoms with E-state index in [0.29, 0.717) is 24.3 Å². The minimum Gasteiger partial charge on any atom is -0.268 e. The van der Waals surface area contributed by atoms with Crippen molar-refractivity contribution in [1.82, 2.24) is 39.0 Å². The van der Waals surface area contributed by atoms with Gasteiger partial charge in [-0.3, -0.25) is 9.59 Å². The number of nitrogens with zero attached hydrogens (tertiary/aromatic N) is 12. The number of imidazole rings is 2. The molecule has 0 atom stereocenters. The molecule has 2 aliphatic heterocycles. The number of rotatable bonds is 2. The van der Waals surface area contributed by atoms with Gasteiger partial charge in [0.05, 0.1) is 11.1 Å². The van der Waals surface area contributed by atoms with Crippen molar-refractivity contribution in [2.24, 2.45) is 0 Å². The highest BCUT2D eigenvalue weighted by molar-refractivity contribution is 6.13. The van der Waals surface area contributed by atoms with Gasteiger partial charge in [-0.05, 0) is 29.3 Å². The first-order valence-corrected chi connectivity index (χ1v) is 13.9. The van der Waals surface area contributed by atoms with Crippen LogP contribution in [0.5, 0.6) is 0 Å². The summed E-state index contributed by atoms with van der Waals surface area (Å²) in [4.78, 5) is 50.6. The third-order valence-corrected chi connectivity index (χ3v) is 8.52. The molecule has 0 saturated carbocycles. The minimum absolute atomic E-state index is 0.166. The van der Waals surface area contributed by atoms with Gasteiger partial charge >= 0.3 is 12.4 Å². The number of halogens is 6. The summed E-state index contributed by atoms with van der Waals surface area (Å²) in [6.07, 6.45) is -12.2. The predicted octanol–water partition coefficient (Wildman–Crippen LogP) is 4.20. The molecule has 2 aromatic carbocycles. The number of hydrogen-bond donors (Lipinski definition) is 0. The van der Waals surface area contributed by atoms with Crippen molar-refractivity contribution < 1.29 is 35.9 Å². The van der Waals surface area contributed by atoms with E-state index in [1.807, 2.05) is 0 Å². The zero-order valence-electron chi connectivity index (χ0n) is 24.4. The summed E-state index contributed by atoms with van der Waals surface area (Å²) in [7, 11) is 0. The molecule has 0 unspecified atom stereocenters. The van der Waals surface area contributed by atoms with Crippen molar-refractivity contribution in [3.63, 3.8) is 0 Å². The standard InChI is InChI=1S/C31H6F6N12O2/c32-30(33,34)29(31(35,36)37,11-2-4-14-15(5-11)24-47-22-26(49(24)27(14)50)45-20(10-41)18(8-39)43-22)12-1-3-13-16(6-12)28(51)48-23(13)46-21-25(48)44-19(9-40)17(7-38)42-21/h1-6H. The second-order valence-corrected chi connectivity index (χ2v) is 11.0. The van der Waals surface area contributed by atoms with Crippen LogP contribution in [0.15, 0.2) is 36.4 Å². The summed E-state index contributed by atoms with van der Waals surface area (Å²) >= 11 is 0. The average Bonchev–Trinajstić information content (AvgIpc) is 3.80. The highest BCUT2D eigenvalue weighted by Crippen LogP contribution is 2.57. The molecule has 0 fully saturated rings. The number of fused-ring (bicyclic) bond motifs is 10. The lowest BCUT2D eigenvalue weighted by molar-refractivity contribution is -0.288. The first-order chi connectivity index (χ1) is 24.2. The molecule has 2 aliphatic rings. The second-order valence-electron chi connectivity index (χ2n) is 11.0. The Balaban J connectivity index is 1.34. The molecular weight excluding hydrogens is 686 g/mol. The van der Waals surface area contributed by atoms with E-state index in [0.717, 1.165) is 21.3 Å². The zero-order valence-corrected chi connectivity index (χ0v) is 24.4. The molecule has 6 heterocycles. The van der Waals surface area contributed by atoms with Crippen LogP contribution >= 0.6 is 0 Å². The molecule has 0 radical (unpaired) electrons. The molecule has 0 N–H and O–H groups in total. The monoisotopic (exact) mass is 692 g/mol. The van der Waals surface area contributed by atoms with E-state index in [-0.39, 0.29) is 39.5 Å². The molecule has 0 saturated heterocycles. The van der Waals surface area contributed by atoms with Gasteiger partial charge in [0.15, 0.2) is 57.0 Å². The van der Waals surface area contributed by atoms with Gasteiger partial charge in [0.1, 0.15) is 24.3 Å². The molecular formula is C31H6F6N12O2. The summed E-state index contributed by atoms with van der Waals surface area (Å²) in [5.74, 6) is -2.72. The Bertz CT molecular complexity index is 2830. The smallest absolute Gasteiger partial charge is 0.268 e. The lowest BCUT2D eigenvalue weighted by atomic mass is 9.71. The van der Waals surface area contributed by atoms with E-state index < -0.39 is 80.4 Å². The van der Waals surface area contributed by atoms with Gasteiger partial charge in [-0.1, -0.05) is 18.2 Å². The second kappa shape index (κ2) is 9.74. The lowest BCUT2D eigenvalue weighted by Gasteiger charge is -2.38. The van der Waals surface area contributed by atoms with E-state index in [1.54, 1.807) is 24.3 Å². The third kappa shape index (κ3) is 3.72. The number of nitriles is 4. The summed E-state index contributed by atoms with van der Waals surface area (Å²) in [5, 5.41) is 37.2. The summed E-state index contributed by atoms with van der Waals surface area (Å²) < 4.78 is 93.0. The predicted molar refractivity (Wildman–Crippen MR) is 153 cm³/mol.